The second-order valence-electron chi connectivity index (χ2n) is 4.98. The number of aliphatic hydroxyl groups excluding tert-OH is 1. The van der Waals surface area contributed by atoms with Gasteiger partial charge in [0.1, 0.15) is 5.78 Å². The molecule has 14 heavy (non-hydrogen) atoms. The van der Waals surface area contributed by atoms with Crippen molar-refractivity contribution in [2.45, 2.75) is 38.1 Å². The standard InChI is InChI=1S/C11H19NO2/c1-11(6-9(7-11)8-13)12-4-2-10(14)3-5-12/h9,13H,2-8H2,1H3. The van der Waals surface area contributed by atoms with Crippen LogP contribution < -0.4 is 0 Å². The number of aliphatic hydroxyl groups is 1. The van der Waals surface area contributed by atoms with Gasteiger partial charge in [-0.25, -0.2) is 0 Å². The first kappa shape index (κ1) is 10.1. The molecule has 2 rings (SSSR count). The average Bonchev–Trinajstić information content (AvgIpc) is 2.14. The molecule has 1 saturated carbocycles. The predicted molar refractivity (Wildman–Crippen MR) is 54.0 cm³/mol. The molecule has 3 nitrogen and oxygen atoms in total. The molecule has 0 spiro atoms. The third kappa shape index (κ3) is 1.71. The zero-order chi connectivity index (χ0) is 10.2. The molecule has 0 radical (unpaired) electrons. The Morgan fingerprint density at radius 2 is 2.00 bits per heavy atom. The maximum absolute atomic E-state index is 11.1. The summed E-state index contributed by atoms with van der Waals surface area (Å²) in [7, 11) is 0. The van der Waals surface area contributed by atoms with Crippen LogP contribution in [-0.4, -0.2) is 41.0 Å². The number of Topliss-reactive ketones (excluding diaryl/α,β-unsaturated/α-hetero) is 1. The van der Waals surface area contributed by atoms with Crippen molar-refractivity contribution in [3.05, 3.63) is 0 Å². The molecule has 1 aliphatic carbocycles. The fourth-order valence-corrected chi connectivity index (χ4v) is 2.87. The van der Waals surface area contributed by atoms with Crippen molar-refractivity contribution in [3.63, 3.8) is 0 Å². The van der Waals surface area contributed by atoms with Crippen LogP contribution in [-0.2, 0) is 4.79 Å². The van der Waals surface area contributed by atoms with Crippen LogP contribution >= 0.6 is 0 Å². The maximum atomic E-state index is 11.1. The summed E-state index contributed by atoms with van der Waals surface area (Å²) in [5.41, 5.74) is 0.272. The minimum absolute atomic E-state index is 0.272. The summed E-state index contributed by atoms with van der Waals surface area (Å²) >= 11 is 0. The third-order valence-electron chi connectivity index (χ3n) is 3.80. The first-order valence-electron chi connectivity index (χ1n) is 5.52. The van der Waals surface area contributed by atoms with Gasteiger partial charge in [0.2, 0.25) is 0 Å². The van der Waals surface area contributed by atoms with E-state index >= 15 is 0 Å². The minimum atomic E-state index is 0.272. The first-order valence-corrected chi connectivity index (χ1v) is 5.52. The number of hydrogen-bond acceptors (Lipinski definition) is 3. The number of nitrogens with zero attached hydrogens (tertiary/aromatic N) is 1. The normalized spacial score (nSPS) is 39.6. The summed E-state index contributed by atoms with van der Waals surface area (Å²) in [4.78, 5) is 13.5. The molecule has 0 aromatic carbocycles. The fraction of sp³-hybridized carbons (Fsp3) is 0.909. The first-order chi connectivity index (χ1) is 6.64. The maximum Gasteiger partial charge on any atom is 0.135 e. The largest absolute Gasteiger partial charge is 0.396 e. The molecule has 0 aromatic heterocycles. The molecule has 0 amide bonds. The van der Waals surface area contributed by atoms with Crippen LogP contribution in [0.25, 0.3) is 0 Å². The van der Waals surface area contributed by atoms with Gasteiger partial charge in [0.05, 0.1) is 0 Å². The molecular weight excluding hydrogens is 178 g/mol. The molecule has 1 N–H and O–H groups in total. The van der Waals surface area contributed by atoms with Crippen molar-refractivity contribution in [2.75, 3.05) is 19.7 Å². The lowest BCUT2D eigenvalue weighted by atomic mass is 9.68. The van der Waals surface area contributed by atoms with Crippen molar-refractivity contribution >= 4 is 5.78 Å². The number of hydrogen-bond donors (Lipinski definition) is 1. The summed E-state index contributed by atoms with van der Waals surface area (Å²) < 4.78 is 0. The van der Waals surface area contributed by atoms with Crippen LogP contribution in [0.1, 0.15) is 32.6 Å². The van der Waals surface area contributed by atoms with E-state index in [1.165, 1.54) is 0 Å². The minimum Gasteiger partial charge on any atom is -0.396 e. The van der Waals surface area contributed by atoms with Gasteiger partial charge in [-0.2, -0.15) is 0 Å². The Morgan fingerprint density at radius 1 is 1.43 bits per heavy atom. The number of carbonyl (C=O) groups excluding carboxylic acids is 1. The van der Waals surface area contributed by atoms with Gasteiger partial charge in [-0.1, -0.05) is 0 Å². The molecule has 0 unspecified atom stereocenters. The van der Waals surface area contributed by atoms with Gasteiger partial charge in [-0.15, -0.1) is 0 Å². The van der Waals surface area contributed by atoms with E-state index in [9.17, 15) is 4.79 Å². The van der Waals surface area contributed by atoms with Crippen LogP contribution in [0.2, 0.25) is 0 Å². The van der Waals surface area contributed by atoms with Crippen LogP contribution in [0.3, 0.4) is 0 Å². The number of rotatable bonds is 2. The summed E-state index contributed by atoms with van der Waals surface area (Å²) in [6.45, 7) is 4.43. The molecule has 2 aliphatic rings. The Bertz CT molecular complexity index is 223. The van der Waals surface area contributed by atoms with E-state index in [4.69, 9.17) is 5.11 Å². The highest BCUT2D eigenvalue weighted by molar-refractivity contribution is 5.79. The topological polar surface area (TPSA) is 40.5 Å². The summed E-state index contributed by atoms with van der Waals surface area (Å²) in [5, 5.41) is 8.99. The summed E-state index contributed by atoms with van der Waals surface area (Å²) in [6.07, 6.45) is 3.63. The lowest BCUT2D eigenvalue weighted by molar-refractivity contribution is -0.125. The SMILES string of the molecule is CC1(N2CCC(=O)CC2)CC(CO)C1. The monoisotopic (exact) mass is 197 g/mol. The van der Waals surface area contributed by atoms with E-state index in [0.29, 0.717) is 18.3 Å². The molecule has 0 bridgehead atoms. The van der Waals surface area contributed by atoms with E-state index in [1.54, 1.807) is 0 Å². The summed E-state index contributed by atoms with van der Waals surface area (Å²) in [5.74, 6) is 0.903. The van der Waals surface area contributed by atoms with Crippen molar-refractivity contribution in [3.8, 4) is 0 Å². The zero-order valence-corrected chi connectivity index (χ0v) is 8.83. The van der Waals surface area contributed by atoms with Crippen molar-refractivity contribution in [1.29, 1.82) is 0 Å². The fourth-order valence-electron chi connectivity index (χ4n) is 2.87. The van der Waals surface area contributed by atoms with E-state index in [1.807, 2.05) is 0 Å². The highest BCUT2D eigenvalue weighted by Crippen LogP contribution is 2.42. The Morgan fingerprint density at radius 3 is 2.50 bits per heavy atom. The number of likely N-dealkylation sites (tertiary alicyclic amines) is 1. The quantitative estimate of drug-likeness (QED) is 0.712. The number of carbonyl (C=O) groups is 1. The number of piperidine rings is 1. The third-order valence-corrected chi connectivity index (χ3v) is 3.80. The van der Waals surface area contributed by atoms with Gasteiger partial charge < -0.3 is 5.11 Å². The molecule has 80 valence electrons. The number of ketones is 1. The van der Waals surface area contributed by atoms with E-state index in [-0.39, 0.29) is 5.54 Å². The zero-order valence-electron chi connectivity index (χ0n) is 8.83. The lowest BCUT2D eigenvalue weighted by Crippen LogP contribution is -2.58. The van der Waals surface area contributed by atoms with Gasteiger partial charge in [-0.05, 0) is 25.7 Å². The van der Waals surface area contributed by atoms with E-state index in [2.05, 4.69) is 11.8 Å². The smallest absolute Gasteiger partial charge is 0.135 e. The van der Waals surface area contributed by atoms with Crippen LogP contribution in [0.5, 0.6) is 0 Å². The summed E-state index contributed by atoms with van der Waals surface area (Å²) in [6, 6.07) is 0. The Hall–Kier alpha value is -0.410. The van der Waals surface area contributed by atoms with Gasteiger partial charge in [0.15, 0.2) is 0 Å². The molecule has 1 saturated heterocycles. The molecule has 1 aliphatic heterocycles. The van der Waals surface area contributed by atoms with E-state index < -0.39 is 0 Å². The van der Waals surface area contributed by atoms with Gasteiger partial charge in [0.25, 0.3) is 0 Å². The Kier molecular flexibility index (Phi) is 2.62. The van der Waals surface area contributed by atoms with Gasteiger partial charge in [-0.3, -0.25) is 9.69 Å². The van der Waals surface area contributed by atoms with E-state index in [0.717, 1.165) is 38.8 Å². The molecule has 2 fully saturated rings. The van der Waals surface area contributed by atoms with Gasteiger partial charge >= 0.3 is 0 Å². The van der Waals surface area contributed by atoms with Crippen LogP contribution in [0.4, 0.5) is 0 Å². The average molecular weight is 197 g/mol. The second kappa shape index (κ2) is 3.63. The molecule has 0 aromatic rings. The second-order valence-corrected chi connectivity index (χ2v) is 4.98. The Balaban J connectivity index is 1.87. The Labute approximate surface area is 85.1 Å². The van der Waals surface area contributed by atoms with Gasteiger partial charge in [0, 0.05) is 38.1 Å². The van der Waals surface area contributed by atoms with Crippen molar-refractivity contribution < 1.29 is 9.90 Å². The highest BCUT2D eigenvalue weighted by Gasteiger charge is 2.44. The molecule has 0 atom stereocenters. The van der Waals surface area contributed by atoms with Crippen molar-refractivity contribution in [1.82, 2.24) is 4.90 Å². The molecule has 3 heteroatoms. The molecule has 1 heterocycles. The molecular formula is C11H19NO2. The van der Waals surface area contributed by atoms with Crippen LogP contribution in [0, 0.1) is 5.92 Å². The lowest BCUT2D eigenvalue weighted by Gasteiger charge is -2.53. The highest BCUT2D eigenvalue weighted by atomic mass is 16.3. The van der Waals surface area contributed by atoms with Crippen molar-refractivity contribution in [2.24, 2.45) is 5.92 Å². The predicted octanol–water partition coefficient (Wildman–Crippen LogP) is 0.812. The van der Waals surface area contributed by atoms with Crippen LogP contribution in [0.15, 0.2) is 0 Å².